The number of carbonyl (C=O) groups excluding carboxylic acids is 4. The second-order valence-electron chi connectivity index (χ2n) is 11.8. The quantitative estimate of drug-likeness (QED) is 0.0848. The predicted molar refractivity (Wildman–Crippen MR) is 183 cm³/mol. The van der Waals surface area contributed by atoms with E-state index in [9.17, 15) is 29.4 Å². The minimum atomic E-state index is -0.968. The Morgan fingerprint density at radius 1 is 0.542 bits per heavy atom. The molecule has 0 radical (unpaired) electrons. The third-order valence-corrected chi connectivity index (χ3v) is 7.83. The van der Waals surface area contributed by atoms with Crippen molar-refractivity contribution in [2.45, 2.75) is 90.1 Å². The molecule has 2 atom stereocenters. The molecule has 258 valence electrons. The molecule has 0 saturated heterocycles. The van der Waals surface area contributed by atoms with E-state index in [0.717, 1.165) is 62.5 Å². The zero-order valence-electron chi connectivity index (χ0n) is 27.9. The van der Waals surface area contributed by atoms with Crippen LogP contribution in [0.4, 0.5) is 0 Å². The highest BCUT2D eigenvalue weighted by molar-refractivity contribution is 6.00. The molecule has 0 aromatic heterocycles. The van der Waals surface area contributed by atoms with Crippen molar-refractivity contribution in [2.75, 3.05) is 13.2 Å². The number of hydrogen-bond donors (Lipinski definition) is 4. The number of aromatic hydroxyl groups is 2. The second kappa shape index (κ2) is 20.4. The lowest BCUT2D eigenvalue weighted by Gasteiger charge is -2.19. The summed E-state index contributed by atoms with van der Waals surface area (Å²) in [6, 6.07) is 16.7. The molecule has 0 bridgehead atoms. The molecule has 3 rings (SSSR count). The molecule has 0 aliphatic carbocycles. The minimum absolute atomic E-state index is 0.0907. The number of carbonyl (C=O) groups is 4. The number of rotatable bonds is 20. The number of ether oxygens (including phenoxy) is 2. The van der Waals surface area contributed by atoms with E-state index in [2.05, 4.69) is 24.5 Å². The molecule has 2 amide bonds. The van der Waals surface area contributed by atoms with Gasteiger partial charge in [-0.25, -0.2) is 9.59 Å². The average Bonchev–Trinajstić information content (AvgIpc) is 3.09. The lowest BCUT2D eigenvalue weighted by molar-refractivity contribution is -0.146. The summed E-state index contributed by atoms with van der Waals surface area (Å²) in [5.41, 5.74) is 1.92. The van der Waals surface area contributed by atoms with Crippen molar-refractivity contribution in [3.63, 3.8) is 0 Å². The first kappa shape index (κ1) is 37.6. The fourth-order valence-corrected chi connectivity index (χ4v) is 4.98. The standard InChI is InChI=1S/C38H48N2O8/c1-3-5-7-9-23-47-37(45)33(25-27-11-19-31(41)20-12-27)39-35(43)29-15-17-30(18-16-29)36(44)40-34(26-28-13-21-32(42)22-14-28)38(46)48-24-10-8-6-4-2/h11-22,33-34,41-42H,3-10,23-26H2,1-2H3,(H,39,43)(H,40,44). The van der Waals surface area contributed by atoms with Crippen LogP contribution in [0.5, 0.6) is 11.5 Å². The van der Waals surface area contributed by atoms with Crippen LogP contribution in [-0.4, -0.2) is 59.3 Å². The molecule has 3 aromatic rings. The Balaban J connectivity index is 1.67. The van der Waals surface area contributed by atoms with Gasteiger partial charge in [-0.3, -0.25) is 9.59 Å². The van der Waals surface area contributed by atoms with Gasteiger partial charge in [0.2, 0.25) is 0 Å². The van der Waals surface area contributed by atoms with Crippen molar-refractivity contribution in [2.24, 2.45) is 0 Å². The molecule has 10 heteroatoms. The monoisotopic (exact) mass is 660 g/mol. The second-order valence-corrected chi connectivity index (χ2v) is 11.8. The summed E-state index contributed by atoms with van der Waals surface area (Å²) < 4.78 is 10.9. The molecule has 0 aliphatic rings. The largest absolute Gasteiger partial charge is 0.508 e. The van der Waals surface area contributed by atoms with Crippen molar-refractivity contribution >= 4 is 23.8 Å². The van der Waals surface area contributed by atoms with E-state index in [1.165, 1.54) is 48.5 Å². The lowest BCUT2D eigenvalue weighted by atomic mass is 10.0. The van der Waals surface area contributed by atoms with Crippen molar-refractivity contribution in [3.8, 4) is 11.5 Å². The van der Waals surface area contributed by atoms with Gasteiger partial charge in [0, 0.05) is 24.0 Å². The number of phenolic OH excluding ortho intramolecular Hbond substituents is 2. The lowest BCUT2D eigenvalue weighted by Crippen LogP contribution is -2.44. The number of unbranched alkanes of at least 4 members (excludes halogenated alkanes) is 6. The first-order valence-corrected chi connectivity index (χ1v) is 16.8. The topological polar surface area (TPSA) is 151 Å². The van der Waals surface area contributed by atoms with Crippen LogP contribution in [-0.2, 0) is 31.9 Å². The first-order valence-electron chi connectivity index (χ1n) is 16.8. The zero-order valence-corrected chi connectivity index (χ0v) is 27.9. The number of esters is 2. The van der Waals surface area contributed by atoms with E-state index in [4.69, 9.17) is 9.47 Å². The summed E-state index contributed by atoms with van der Waals surface area (Å²) >= 11 is 0. The molecule has 3 aromatic carbocycles. The first-order chi connectivity index (χ1) is 23.2. The van der Waals surface area contributed by atoms with E-state index in [1.807, 2.05) is 0 Å². The third kappa shape index (κ3) is 13.1. The summed E-state index contributed by atoms with van der Waals surface area (Å²) in [5.74, 6) is -1.97. The van der Waals surface area contributed by atoms with Gasteiger partial charge in [0.1, 0.15) is 23.6 Å². The van der Waals surface area contributed by atoms with Crippen LogP contribution in [0, 0.1) is 0 Å². The van der Waals surface area contributed by atoms with Crippen molar-refractivity contribution in [1.82, 2.24) is 10.6 Å². The Hall–Kier alpha value is -4.86. The van der Waals surface area contributed by atoms with Crippen LogP contribution in [0.2, 0.25) is 0 Å². The Bertz CT molecular complexity index is 1330. The maximum Gasteiger partial charge on any atom is 0.328 e. The number of hydrogen-bond acceptors (Lipinski definition) is 8. The van der Waals surface area contributed by atoms with Gasteiger partial charge >= 0.3 is 11.9 Å². The Morgan fingerprint density at radius 3 is 1.23 bits per heavy atom. The summed E-state index contributed by atoms with van der Waals surface area (Å²) in [5, 5.41) is 24.8. The van der Waals surface area contributed by atoms with E-state index >= 15 is 0 Å². The van der Waals surface area contributed by atoms with Crippen LogP contribution in [0.3, 0.4) is 0 Å². The van der Waals surface area contributed by atoms with E-state index in [-0.39, 0.29) is 48.7 Å². The summed E-state index contributed by atoms with van der Waals surface area (Å²) in [6.07, 6.45) is 7.87. The van der Waals surface area contributed by atoms with Crippen molar-refractivity contribution in [3.05, 3.63) is 95.1 Å². The number of benzene rings is 3. The molecule has 10 nitrogen and oxygen atoms in total. The van der Waals surface area contributed by atoms with Gasteiger partial charge in [0.25, 0.3) is 11.8 Å². The maximum atomic E-state index is 13.2. The molecule has 2 unspecified atom stereocenters. The normalized spacial score (nSPS) is 12.0. The number of phenols is 2. The van der Waals surface area contributed by atoms with Gasteiger partial charge in [0.05, 0.1) is 13.2 Å². The SMILES string of the molecule is CCCCCCOC(=O)C(Cc1ccc(O)cc1)NC(=O)c1ccc(C(=O)NC(Cc2ccc(O)cc2)C(=O)OCCCCCC)cc1. The van der Waals surface area contributed by atoms with Crippen LogP contribution in [0.1, 0.15) is 97.1 Å². The fourth-order valence-electron chi connectivity index (χ4n) is 4.98. The van der Waals surface area contributed by atoms with Gasteiger partial charge < -0.3 is 30.3 Å². The zero-order chi connectivity index (χ0) is 34.7. The molecule has 48 heavy (non-hydrogen) atoms. The molecule has 0 aliphatic heterocycles. The molecule has 0 heterocycles. The smallest absolute Gasteiger partial charge is 0.328 e. The number of nitrogens with one attached hydrogen (secondary N) is 2. The number of amides is 2. The summed E-state index contributed by atoms with van der Waals surface area (Å²) in [7, 11) is 0. The average molecular weight is 661 g/mol. The van der Waals surface area contributed by atoms with Crippen molar-refractivity contribution in [1.29, 1.82) is 0 Å². The highest BCUT2D eigenvalue weighted by Gasteiger charge is 2.25. The van der Waals surface area contributed by atoms with Crippen LogP contribution < -0.4 is 10.6 Å². The Morgan fingerprint density at radius 2 is 0.896 bits per heavy atom. The maximum absolute atomic E-state index is 13.2. The molecule has 0 spiro atoms. The predicted octanol–water partition coefficient (Wildman–Crippen LogP) is 6.03. The summed E-state index contributed by atoms with van der Waals surface area (Å²) in [4.78, 5) is 52.4. The van der Waals surface area contributed by atoms with E-state index in [0.29, 0.717) is 0 Å². The highest BCUT2D eigenvalue weighted by atomic mass is 16.5. The Labute approximate surface area is 282 Å². The van der Waals surface area contributed by atoms with E-state index in [1.54, 1.807) is 24.3 Å². The minimum Gasteiger partial charge on any atom is -0.508 e. The molecular weight excluding hydrogens is 612 g/mol. The van der Waals surface area contributed by atoms with Crippen LogP contribution >= 0.6 is 0 Å². The molecular formula is C38H48N2O8. The van der Waals surface area contributed by atoms with Crippen molar-refractivity contribution < 1.29 is 38.9 Å². The third-order valence-electron chi connectivity index (χ3n) is 7.83. The van der Waals surface area contributed by atoms with Crippen LogP contribution in [0.15, 0.2) is 72.8 Å². The van der Waals surface area contributed by atoms with E-state index < -0.39 is 35.8 Å². The fraction of sp³-hybridized carbons (Fsp3) is 0.421. The molecule has 0 fully saturated rings. The summed E-state index contributed by atoms with van der Waals surface area (Å²) in [6.45, 7) is 4.70. The molecule has 0 saturated carbocycles. The van der Waals surface area contributed by atoms with Gasteiger partial charge in [0.15, 0.2) is 0 Å². The Kier molecular flexibility index (Phi) is 16.0. The van der Waals surface area contributed by atoms with Crippen LogP contribution in [0.25, 0.3) is 0 Å². The van der Waals surface area contributed by atoms with Gasteiger partial charge in [-0.05, 0) is 72.5 Å². The van der Waals surface area contributed by atoms with Gasteiger partial charge in [-0.1, -0.05) is 76.6 Å². The highest BCUT2D eigenvalue weighted by Crippen LogP contribution is 2.15. The van der Waals surface area contributed by atoms with Gasteiger partial charge in [-0.15, -0.1) is 0 Å². The van der Waals surface area contributed by atoms with Gasteiger partial charge in [-0.2, -0.15) is 0 Å². The molecule has 4 N–H and O–H groups in total.